The summed E-state index contributed by atoms with van der Waals surface area (Å²) in [6, 6.07) is 2.73. The molecule has 0 radical (unpaired) electrons. The van der Waals surface area contributed by atoms with Crippen molar-refractivity contribution < 1.29 is 23.2 Å². The van der Waals surface area contributed by atoms with E-state index in [2.05, 4.69) is 15.3 Å². The summed E-state index contributed by atoms with van der Waals surface area (Å²) in [5.74, 6) is -2.24. The Bertz CT molecular complexity index is 919. The van der Waals surface area contributed by atoms with Gasteiger partial charge in [-0.3, -0.25) is 14.9 Å². The first kappa shape index (κ1) is 20.4. The number of hydrogen-bond acceptors (Lipinski definition) is 8. The molecule has 1 aliphatic heterocycles. The normalized spacial score (nSPS) is 14.5. The van der Waals surface area contributed by atoms with E-state index >= 15 is 0 Å². The molecule has 1 saturated heterocycles. The number of hydrogen-bond donors (Lipinski definition) is 1. The fourth-order valence-electron chi connectivity index (χ4n) is 3.17. The number of carbonyl (C=O) groups excluding carboxylic acids is 1. The third kappa shape index (κ3) is 4.55. The summed E-state index contributed by atoms with van der Waals surface area (Å²) in [6.45, 7) is 2.74. The van der Waals surface area contributed by atoms with E-state index in [1.807, 2.05) is 0 Å². The van der Waals surface area contributed by atoms with Gasteiger partial charge in [0.2, 0.25) is 11.6 Å². The number of piperidine rings is 1. The highest BCUT2D eigenvalue weighted by molar-refractivity contribution is 5.76. The molecular formula is C18H19F2N5O4. The second kappa shape index (κ2) is 8.76. The SMILES string of the molecule is CCOC(=O)C1CCN(c2ncnc(Nc3cc(F)ccc3F)c2[N+](=O)[O-])CC1. The molecule has 2 aromatic rings. The topological polar surface area (TPSA) is 110 Å². The fraction of sp³-hybridized carbons (Fsp3) is 0.389. The Morgan fingerprint density at radius 2 is 2.07 bits per heavy atom. The van der Waals surface area contributed by atoms with Crippen molar-refractivity contribution in [2.75, 3.05) is 29.9 Å². The zero-order valence-electron chi connectivity index (χ0n) is 15.6. The van der Waals surface area contributed by atoms with Crippen LogP contribution >= 0.6 is 0 Å². The first-order valence-electron chi connectivity index (χ1n) is 9.03. The molecule has 11 heteroatoms. The van der Waals surface area contributed by atoms with Crippen molar-refractivity contribution in [2.24, 2.45) is 5.92 Å². The van der Waals surface area contributed by atoms with Crippen molar-refractivity contribution in [3.63, 3.8) is 0 Å². The standard InChI is InChI=1S/C18H19F2N5O4/c1-2-29-18(26)11-5-7-24(8-6-11)17-15(25(27)28)16(21-10-22-17)23-14-9-12(19)3-4-13(14)20/h3-4,9-11H,2,5-8H2,1H3,(H,21,22,23). The zero-order chi connectivity index (χ0) is 21.0. The van der Waals surface area contributed by atoms with Crippen LogP contribution in [0.3, 0.4) is 0 Å². The van der Waals surface area contributed by atoms with E-state index < -0.39 is 22.2 Å². The lowest BCUT2D eigenvalue weighted by Gasteiger charge is -2.31. The van der Waals surface area contributed by atoms with Crippen molar-refractivity contribution in [3.8, 4) is 0 Å². The molecule has 1 N–H and O–H groups in total. The molecule has 0 aliphatic carbocycles. The maximum Gasteiger partial charge on any atom is 0.353 e. The molecule has 0 saturated carbocycles. The van der Waals surface area contributed by atoms with Crippen molar-refractivity contribution in [3.05, 3.63) is 46.3 Å². The van der Waals surface area contributed by atoms with Gasteiger partial charge in [-0.25, -0.2) is 18.7 Å². The summed E-state index contributed by atoms with van der Waals surface area (Å²) in [5, 5.41) is 14.2. The van der Waals surface area contributed by atoms with Crippen molar-refractivity contribution in [2.45, 2.75) is 19.8 Å². The fourth-order valence-corrected chi connectivity index (χ4v) is 3.17. The second-order valence-electron chi connectivity index (χ2n) is 6.41. The van der Waals surface area contributed by atoms with E-state index in [9.17, 15) is 23.7 Å². The van der Waals surface area contributed by atoms with Crippen LogP contribution in [-0.4, -0.2) is 40.6 Å². The van der Waals surface area contributed by atoms with Crippen LogP contribution in [0.2, 0.25) is 0 Å². The van der Waals surface area contributed by atoms with Crippen molar-refractivity contribution >= 4 is 29.0 Å². The van der Waals surface area contributed by atoms with Gasteiger partial charge in [0.05, 0.1) is 23.1 Å². The Hall–Kier alpha value is -3.37. The van der Waals surface area contributed by atoms with Crippen LogP contribution in [0.25, 0.3) is 0 Å². The van der Waals surface area contributed by atoms with E-state index in [1.165, 1.54) is 0 Å². The quantitative estimate of drug-likeness (QED) is 0.442. The first-order valence-corrected chi connectivity index (χ1v) is 9.03. The maximum atomic E-state index is 13.9. The Morgan fingerprint density at radius 3 is 2.72 bits per heavy atom. The average Bonchev–Trinajstić information content (AvgIpc) is 2.70. The summed E-state index contributed by atoms with van der Waals surface area (Å²) in [7, 11) is 0. The van der Waals surface area contributed by atoms with Crippen LogP contribution in [0, 0.1) is 27.7 Å². The average molecular weight is 407 g/mol. The number of halogens is 2. The molecular weight excluding hydrogens is 388 g/mol. The van der Waals surface area contributed by atoms with Crippen molar-refractivity contribution in [1.82, 2.24) is 9.97 Å². The number of nitro groups is 1. The molecule has 0 bridgehead atoms. The number of ether oxygens (including phenoxy) is 1. The third-order valence-electron chi connectivity index (χ3n) is 4.58. The molecule has 1 aromatic carbocycles. The second-order valence-corrected chi connectivity index (χ2v) is 6.41. The van der Waals surface area contributed by atoms with Crippen LogP contribution in [0.5, 0.6) is 0 Å². The Kier molecular flexibility index (Phi) is 6.15. The van der Waals surface area contributed by atoms with E-state index in [0.29, 0.717) is 32.5 Å². The predicted octanol–water partition coefficient (Wildman–Crippen LogP) is 3.19. The van der Waals surface area contributed by atoms with Gasteiger partial charge in [0.25, 0.3) is 0 Å². The van der Waals surface area contributed by atoms with Gasteiger partial charge in [-0.05, 0) is 31.9 Å². The molecule has 0 amide bonds. The van der Waals surface area contributed by atoms with E-state index in [4.69, 9.17) is 4.74 Å². The number of rotatable bonds is 6. The lowest BCUT2D eigenvalue weighted by atomic mass is 9.97. The third-order valence-corrected chi connectivity index (χ3v) is 4.58. The number of nitrogens with zero attached hydrogens (tertiary/aromatic N) is 4. The summed E-state index contributed by atoms with van der Waals surface area (Å²) < 4.78 is 32.4. The van der Waals surface area contributed by atoms with Gasteiger partial charge in [0.1, 0.15) is 18.0 Å². The number of carbonyl (C=O) groups is 1. The highest BCUT2D eigenvalue weighted by Gasteiger charge is 2.32. The van der Waals surface area contributed by atoms with Gasteiger partial charge in [0.15, 0.2) is 0 Å². The minimum atomic E-state index is -0.781. The van der Waals surface area contributed by atoms with E-state index in [0.717, 1.165) is 24.5 Å². The van der Waals surface area contributed by atoms with Gasteiger partial charge >= 0.3 is 11.7 Å². The molecule has 1 aliphatic rings. The molecule has 29 heavy (non-hydrogen) atoms. The minimum Gasteiger partial charge on any atom is -0.466 e. The van der Waals surface area contributed by atoms with Crippen LogP contribution in [0.1, 0.15) is 19.8 Å². The van der Waals surface area contributed by atoms with Gasteiger partial charge in [-0.1, -0.05) is 0 Å². The molecule has 0 atom stereocenters. The Morgan fingerprint density at radius 1 is 1.34 bits per heavy atom. The van der Waals surface area contributed by atoms with Crippen LogP contribution in [0.4, 0.5) is 31.8 Å². The smallest absolute Gasteiger partial charge is 0.353 e. The molecule has 3 rings (SSSR count). The first-order chi connectivity index (χ1) is 13.9. The molecule has 0 spiro atoms. The summed E-state index contributed by atoms with van der Waals surface area (Å²) in [4.78, 5) is 32.4. The lowest BCUT2D eigenvalue weighted by molar-refractivity contribution is -0.383. The number of aromatic nitrogens is 2. The molecule has 2 heterocycles. The summed E-state index contributed by atoms with van der Waals surface area (Å²) in [5.41, 5.74) is -0.732. The Labute approximate surface area is 164 Å². The van der Waals surface area contributed by atoms with Crippen LogP contribution < -0.4 is 10.2 Å². The van der Waals surface area contributed by atoms with Gasteiger partial charge in [0, 0.05) is 19.2 Å². The van der Waals surface area contributed by atoms with E-state index in [-0.39, 0.29) is 29.2 Å². The number of nitrogens with one attached hydrogen (secondary N) is 1. The monoisotopic (exact) mass is 407 g/mol. The van der Waals surface area contributed by atoms with Crippen LogP contribution in [-0.2, 0) is 9.53 Å². The summed E-state index contributed by atoms with van der Waals surface area (Å²) >= 11 is 0. The van der Waals surface area contributed by atoms with Gasteiger partial charge in [-0.15, -0.1) is 0 Å². The lowest BCUT2D eigenvalue weighted by Crippen LogP contribution is -2.37. The number of esters is 1. The minimum absolute atomic E-state index is 0.0478. The maximum absolute atomic E-state index is 13.9. The predicted molar refractivity (Wildman–Crippen MR) is 99.9 cm³/mol. The van der Waals surface area contributed by atoms with Crippen LogP contribution in [0.15, 0.2) is 24.5 Å². The number of anilines is 3. The van der Waals surface area contributed by atoms with Gasteiger partial charge < -0.3 is 15.0 Å². The highest BCUT2D eigenvalue weighted by Crippen LogP contribution is 2.36. The van der Waals surface area contributed by atoms with Crippen molar-refractivity contribution in [1.29, 1.82) is 0 Å². The van der Waals surface area contributed by atoms with E-state index in [1.54, 1.807) is 11.8 Å². The highest BCUT2D eigenvalue weighted by atomic mass is 19.1. The summed E-state index contributed by atoms with van der Waals surface area (Å²) in [6.07, 6.45) is 2.03. The largest absolute Gasteiger partial charge is 0.466 e. The molecule has 9 nitrogen and oxygen atoms in total. The molecule has 1 aromatic heterocycles. The molecule has 154 valence electrons. The Balaban J connectivity index is 1.85. The molecule has 0 unspecified atom stereocenters. The van der Waals surface area contributed by atoms with Gasteiger partial charge in [-0.2, -0.15) is 0 Å². The molecule has 1 fully saturated rings. The zero-order valence-corrected chi connectivity index (χ0v) is 15.6. The number of benzene rings is 1.